The van der Waals surface area contributed by atoms with Crippen LogP contribution in [0.1, 0.15) is 41.7 Å². The Kier molecular flexibility index (Phi) is 10.4. The Morgan fingerprint density at radius 3 is 2.20 bits per heavy atom. The Morgan fingerprint density at radius 1 is 0.689 bits per heavy atom. The van der Waals surface area contributed by atoms with Gasteiger partial charge in [-0.1, -0.05) is 92.4 Å². The van der Waals surface area contributed by atoms with Crippen LogP contribution in [0.25, 0.3) is 44.5 Å². The molecule has 0 unspecified atom stereocenters. The zero-order valence-electron chi connectivity index (χ0n) is 26.1. The van der Waals surface area contributed by atoms with E-state index < -0.39 is 0 Å². The first kappa shape index (κ1) is 32.0. The van der Waals surface area contributed by atoms with E-state index in [0.29, 0.717) is 5.92 Å². The molecule has 7 aromatic rings. The summed E-state index contributed by atoms with van der Waals surface area (Å²) >= 11 is 0. The summed E-state index contributed by atoms with van der Waals surface area (Å²) in [5, 5.41) is 2.22. The zero-order chi connectivity index (χ0) is 30.5. The molecule has 0 atom stereocenters. The SMILES string of the molecule is Cc1c[c-]c(-c2cc(C)c(CC(C)C)cn2)cc1.[Ir].[c-]1cc2oc3ccccc3c2cc1-c1cc(Cc2ccccc2)ccn1. The molecule has 0 amide bonds. The molecule has 0 aliphatic carbocycles. The first-order valence-corrected chi connectivity index (χ1v) is 15.2. The van der Waals surface area contributed by atoms with Crippen LogP contribution in [0.15, 0.2) is 120 Å². The fraction of sp³-hybridized carbons (Fsp3) is 0.171. The number of nitrogens with zero attached hydrogens (tertiary/aromatic N) is 2. The number of rotatable bonds is 6. The predicted molar refractivity (Wildman–Crippen MR) is 182 cm³/mol. The molecule has 4 aromatic carbocycles. The predicted octanol–water partition coefficient (Wildman–Crippen LogP) is 10.4. The molecule has 0 spiro atoms. The van der Waals surface area contributed by atoms with E-state index in [0.717, 1.165) is 57.3 Å². The van der Waals surface area contributed by atoms with Crippen LogP contribution in [-0.4, -0.2) is 9.97 Å². The van der Waals surface area contributed by atoms with Crippen molar-refractivity contribution in [1.29, 1.82) is 0 Å². The van der Waals surface area contributed by atoms with E-state index in [1.165, 1.54) is 27.8 Å². The number of aromatic nitrogens is 2. The molecule has 0 saturated heterocycles. The number of fused-ring (bicyclic) bond motifs is 3. The minimum absolute atomic E-state index is 0. The third-order valence-electron chi connectivity index (χ3n) is 7.75. The average molecular weight is 765 g/mol. The standard InChI is InChI=1S/C24H16NO.C17H20N.Ir/c1-2-6-17(7-3-1)14-18-12-13-25-22(15-18)19-10-11-24-21(16-19)20-8-4-5-9-23(20)26-24;1-12(2)9-16-11-18-17(10-14(16)4)15-7-5-13(3)6-8-15;/h1-9,11-13,15-16H,14H2;5-7,10-12H,9H2,1-4H3;/q2*-1;. The minimum Gasteiger partial charge on any atom is -0.500 e. The number of pyridine rings is 2. The number of hydrogen-bond donors (Lipinski definition) is 0. The van der Waals surface area contributed by atoms with E-state index in [-0.39, 0.29) is 20.1 Å². The zero-order valence-corrected chi connectivity index (χ0v) is 28.5. The van der Waals surface area contributed by atoms with Gasteiger partial charge in [0.2, 0.25) is 0 Å². The van der Waals surface area contributed by atoms with Crippen molar-refractivity contribution in [3.8, 4) is 22.5 Å². The summed E-state index contributed by atoms with van der Waals surface area (Å²) in [6, 6.07) is 41.8. The van der Waals surface area contributed by atoms with Gasteiger partial charge < -0.3 is 14.4 Å². The fourth-order valence-electron chi connectivity index (χ4n) is 5.43. The Bertz CT molecular complexity index is 2010. The van der Waals surface area contributed by atoms with Crippen molar-refractivity contribution in [2.75, 3.05) is 0 Å². The quantitative estimate of drug-likeness (QED) is 0.158. The summed E-state index contributed by atoms with van der Waals surface area (Å²) in [6.45, 7) is 8.71. The maximum absolute atomic E-state index is 5.89. The van der Waals surface area contributed by atoms with Gasteiger partial charge in [-0.05, 0) is 65.9 Å². The maximum atomic E-state index is 5.89. The Hall–Kier alpha value is -4.37. The molecular weight excluding hydrogens is 729 g/mol. The van der Waals surface area contributed by atoms with Gasteiger partial charge in [0.15, 0.2) is 0 Å². The summed E-state index contributed by atoms with van der Waals surface area (Å²) in [5.41, 5.74) is 12.2. The molecule has 7 rings (SSSR count). The second kappa shape index (κ2) is 14.6. The van der Waals surface area contributed by atoms with Crippen LogP contribution in [0, 0.1) is 31.9 Å². The van der Waals surface area contributed by atoms with E-state index in [1.807, 2.05) is 48.8 Å². The minimum atomic E-state index is 0. The molecule has 227 valence electrons. The van der Waals surface area contributed by atoms with E-state index in [2.05, 4.69) is 117 Å². The van der Waals surface area contributed by atoms with E-state index in [1.54, 1.807) is 0 Å². The van der Waals surface area contributed by atoms with Crippen LogP contribution in [0.2, 0.25) is 0 Å². The molecule has 0 fully saturated rings. The van der Waals surface area contributed by atoms with Crippen LogP contribution in [0.4, 0.5) is 0 Å². The number of furan rings is 1. The normalized spacial score (nSPS) is 10.9. The van der Waals surface area contributed by atoms with Crippen molar-refractivity contribution >= 4 is 21.9 Å². The van der Waals surface area contributed by atoms with Crippen molar-refractivity contribution in [2.24, 2.45) is 5.92 Å². The molecule has 1 radical (unpaired) electrons. The monoisotopic (exact) mass is 765 g/mol. The van der Waals surface area contributed by atoms with Crippen LogP contribution in [-0.2, 0) is 32.9 Å². The Balaban J connectivity index is 0.000000186. The van der Waals surface area contributed by atoms with E-state index >= 15 is 0 Å². The molecule has 4 heteroatoms. The summed E-state index contributed by atoms with van der Waals surface area (Å²) in [5.74, 6) is 0.669. The van der Waals surface area contributed by atoms with Gasteiger partial charge in [-0.3, -0.25) is 0 Å². The molecule has 0 saturated carbocycles. The van der Waals surface area contributed by atoms with Crippen LogP contribution in [0.3, 0.4) is 0 Å². The van der Waals surface area contributed by atoms with Gasteiger partial charge in [-0.15, -0.1) is 59.2 Å². The maximum Gasteiger partial charge on any atom is 0.120 e. The number of benzene rings is 4. The third-order valence-corrected chi connectivity index (χ3v) is 7.75. The molecule has 0 N–H and O–H groups in total. The van der Waals surface area contributed by atoms with Gasteiger partial charge in [0.1, 0.15) is 5.58 Å². The second-order valence-corrected chi connectivity index (χ2v) is 11.8. The first-order chi connectivity index (χ1) is 21.4. The van der Waals surface area contributed by atoms with Crippen molar-refractivity contribution in [1.82, 2.24) is 9.97 Å². The van der Waals surface area contributed by atoms with Gasteiger partial charge in [-0.2, -0.15) is 0 Å². The Morgan fingerprint density at radius 2 is 1.44 bits per heavy atom. The van der Waals surface area contributed by atoms with Crippen molar-refractivity contribution < 1.29 is 24.5 Å². The van der Waals surface area contributed by atoms with Crippen molar-refractivity contribution in [3.63, 3.8) is 0 Å². The molecule has 0 aliphatic rings. The summed E-state index contributed by atoms with van der Waals surface area (Å²) < 4.78 is 5.89. The number of hydrogen-bond acceptors (Lipinski definition) is 3. The second-order valence-electron chi connectivity index (χ2n) is 11.8. The summed E-state index contributed by atoms with van der Waals surface area (Å²) in [6.07, 6.45) is 5.88. The van der Waals surface area contributed by atoms with Crippen molar-refractivity contribution in [2.45, 2.75) is 40.5 Å². The van der Waals surface area contributed by atoms with E-state index in [9.17, 15) is 0 Å². The van der Waals surface area contributed by atoms with Gasteiger partial charge >= 0.3 is 0 Å². The van der Waals surface area contributed by atoms with Crippen molar-refractivity contribution in [3.05, 3.63) is 155 Å². The topological polar surface area (TPSA) is 38.9 Å². The smallest absolute Gasteiger partial charge is 0.120 e. The van der Waals surface area contributed by atoms with Gasteiger partial charge in [0, 0.05) is 37.9 Å². The number of aryl methyl sites for hydroxylation is 2. The molecule has 45 heavy (non-hydrogen) atoms. The van der Waals surface area contributed by atoms with Gasteiger partial charge in [0.05, 0.1) is 5.58 Å². The van der Waals surface area contributed by atoms with Gasteiger partial charge in [-0.25, -0.2) is 0 Å². The third kappa shape index (κ3) is 7.83. The van der Waals surface area contributed by atoms with E-state index in [4.69, 9.17) is 4.42 Å². The molecule has 3 heterocycles. The molecule has 0 bridgehead atoms. The molecular formula is C41H36IrN2O-2. The molecule has 3 nitrogen and oxygen atoms in total. The average Bonchev–Trinajstić information content (AvgIpc) is 3.41. The molecule has 0 aliphatic heterocycles. The number of para-hydroxylation sites is 1. The first-order valence-electron chi connectivity index (χ1n) is 15.2. The molecule has 3 aromatic heterocycles. The largest absolute Gasteiger partial charge is 0.500 e. The van der Waals surface area contributed by atoms with Crippen LogP contribution >= 0.6 is 0 Å². The van der Waals surface area contributed by atoms with Gasteiger partial charge in [0.25, 0.3) is 0 Å². The van der Waals surface area contributed by atoms with Crippen LogP contribution < -0.4 is 0 Å². The summed E-state index contributed by atoms with van der Waals surface area (Å²) in [7, 11) is 0. The fourth-order valence-corrected chi connectivity index (χ4v) is 5.43. The Labute approximate surface area is 279 Å². The van der Waals surface area contributed by atoms with Crippen LogP contribution in [0.5, 0.6) is 0 Å². The summed E-state index contributed by atoms with van der Waals surface area (Å²) in [4.78, 5) is 9.12.